The van der Waals surface area contributed by atoms with E-state index in [4.69, 9.17) is 4.74 Å². The lowest BCUT2D eigenvalue weighted by molar-refractivity contribution is -0.129. The first kappa shape index (κ1) is 23.4. The van der Waals surface area contributed by atoms with Crippen LogP contribution in [-0.4, -0.2) is 62.2 Å². The number of thiophene rings is 1. The van der Waals surface area contributed by atoms with Gasteiger partial charge in [-0.25, -0.2) is 13.2 Å². The lowest BCUT2D eigenvalue weighted by Crippen LogP contribution is -2.33. The number of benzene rings is 1. The quantitative estimate of drug-likeness (QED) is 0.643. The lowest BCUT2D eigenvalue weighted by Gasteiger charge is -2.25. The third-order valence-corrected chi connectivity index (χ3v) is 8.98. The Hall–Kier alpha value is -2.76. The van der Waals surface area contributed by atoms with Crippen molar-refractivity contribution in [1.29, 1.82) is 0 Å². The number of anilines is 1. The van der Waals surface area contributed by atoms with Crippen molar-refractivity contribution < 1.29 is 27.5 Å². The van der Waals surface area contributed by atoms with Crippen molar-refractivity contribution in [2.24, 2.45) is 0 Å². The van der Waals surface area contributed by atoms with Crippen LogP contribution in [0.3, 0.4) is 0 Å². The number of nitrogens with zero attached hydrogens (tertiary/aromatic N) is 2. The fourth-order valence-electron chi connectivity index (χ4n) is 4.11. The van der Waals surface area contributed by atoms with Crippen LogP contribution in [0.15, 0.2) is 29.2 Å². The largest absolute Gasteiger partial charge is 0.465 e. The predicted octanol–water partition coefficient (Wildman–Crippen LogP) is 2.48. The summed E-state index contributed by atoms with van der Waals surface area (Å²) in [6, 6.07) is 5.77. The molecule has 1 N–H and O–H groups in total. The molecule has 2 aromatic rings. The van der Waals surface area contributed by atoms with E-state index in [0.29, 0.717) is 43.2 Å². The van der Waals surface area contributed by atoms with Crippen LogP contribution in [0, 0.1) is 0 Å². The first-order valence-electron chi connectivity index (χ1n) is 10.6. The van der Waals surface area contributed by atoms with Crippen molar-refractivity contribution in [3.05, 3.63) is 45.8 Å². The molecule has 2 aliphatic rings. The van der Waals surface area contributed by atoms with Gasteiger partial charge in [0.25, 0.3) is 5.91 Å². The monoisotopic (exact) mass is 491 g/mol. The molecular formula is C22H25N3O6S2. The average molecular weight is 492 g/mol. The van der Waals surface area contributed by atoms with Gasteiger partial charge in [0.05, 0.1) is 24.1 Å². The Morgan fingerprint density at radius 1 is 1.06 bits per heavy atom. The van der Waals surface area contributed by atoms with Crippen LogP contribution in [0.5, 0.6) is 0 Å². The van der Waals surface area contributed by atoms with E-state index in [0.717, 1.165) is 23.3 Å². The molecule has 9 nitrogen and oxygen atoms in total. The van der Waals surface area contributed by atoms with Gasteiger partial charge in [-0.3, -0.25) is 9.59 Å². The fraction of sp³-hybridized carbons (Fsp3) is 0.409. The minimum atomic E-state index is -3.57. The Labute approximate surface area is 196 Å². The van der Waals surface area contributed by atoms with Gasteiger partial charge in [0.2, 0.25) is 15.9 Å². The van der Waals surface area contributed by atoms with Gasteiger partial charge >= 0.3 is 5.97 Å². The summed E-state index contributed by atoms with van der Waals surface area (Å²) in [7, 11) is -2.29. The van der Waals surface area contributed by atoms with E-state index in [2.05, 4.69) is 5.32 Å². The Balaban J connectivity index is 1.57. The van der Waals surface area contributed by atoms with Crippen molar-refractivity contribution in [2.45, 2.75) is 37.6 Å². The van der Waals surface area contributed by atoms with Crippen LogP contribution in [-0.2, 0) is 32.5 Å². The number of fused-ring (bicyclic) bond motifs is 1. The number of hydrogen-bond acceptors (Lipinski definition) is 7. The van der Waals surface area contributed by atoms with E-state index in [1.54, 1.807) is 4.90 Å². The Morgan fingerprint density at radius 2 is 1.73 bits per heavy atom. The summed E-state index contributed by atoms with van der Waals surface area (Å²) in [4.78, 5) is 39.8. The Kier molecular flexibility index (Phi) is 6.55. The minimum Gasteiger partial charge on any atom is -0.465 e. The number of ether oxygens (including phenoxy) is 1. The number of nitrogens with one attached hydrogen (secondary N) is 1. The minimum absolute atomic E-state index is 0.0526. The third kappa shape index (κ3) is 4.53. The summed E-state index contributed by atoms with van der Waals surface area (Å²) in [5.41, 5.74) is 1.36. The molecule has 2 amide bonds. The van der Waals surface area contributed by atoms with Gasteiger partial charge in [0, 0.05) is 37.0 Å². The van der Waals surface area contributed by atoms with Crippen LogP contribution in [0.25, 0.3) is 0 Å². The van der Waals surface area contributed by atoms with Gasteiger partial charge < -0.3 is 15.0 Å². The van der Waals surface area contributed by atoms with Crippen molar-refractivity contribution in [2.75, 3.05) is 32.1 Å². The zero-order valence-corrected chi connectivity index (χ0v) is 20.1. The van der Waals surface area contributed by atoms with Crippen molar-refractivity contribution >= 4 is 44.1 Å². The lowest BCUT2D eigenvalue weighted by atomic mass is 10.0. The molecule has 1 saturated heterocycles. The molecule has 0 aliphatic carbocycles. The zero-order chi connectivity index (χ0) is 23.8. The standard InChI is InChI=1S/C22H25N3O6S2/c1-14(26)24-12-9-17-18(13-24)32-21(19(17)22(28)31-2)23-20(27)15-5-7-16(8-6-15)33(29,30)25-10-3-4-11-25/h5-8H,3-4,9-13H2,1-2H3,(H,23,27). The summed E-state index contributed by atoms with van der Waals surface area (Å²) < 4.78 is 31.8. The molecule has 33 heavy (non-hydrogen) atoms. The maximum Gasteiger partial charge on any atom is 0.341 e. The third-order valence-electron chi connectivity index (χ3n) is 5.94. The Bertz CT molecular complexity index is 1200. The Morgan fingerprint density at radius 3 is 2.33 bits per heavy atom. The second-order valence-electron chi connectivity index (χ2n) is 7.98. The van der Waals surface area contributed by atoms with Crippen molar-refractivity contribution in [3.63, 3.8) is 0 Å². The molecule has 1 aromatic heterocycles. The number of methoxy groups -OCH3 is 1. The number of esters is 1. The van der Waals surface area contributed by atoms with E-state index in [9.17, 15) is 22.8 Å². The summed E-state index contributed by atoms with van der Waals surface area (Å²) in [6.45, 7) is 3.37. The highest BCUT2D eigenvalue weighted by Crippen LogP contribution is 2.38. The molecule has 0 bridgehead atoms. The maximum absolute atomic E-state index is 12.9. The molecule has 11 heteroatoms. The highest BCUT2D eigenvalue weighted by Gasteiger charge is 2.31. The SMILES string of the molecule is COC(=O)c1c(NC(=O)c2ccc(S(=O)(=O)N3CCCC3)cc2)sc2c1CCN(C(C)=O)C2. The van der Waals surface area contributed by atoms with Gasteiger partial charge in [-0.1, -0.05) is 0 Å². The summed E-state index contributed by atoms with van der Waals surface area (Å²) >= 11 is 1.24. The summed E-state index contributed by atoms with van der Waals surface area (Å²) in [5, 5.41) is 3.13. The molecule has 1 fully saturated rings. The summed E-state index contributed by atoms with van der Waals surface area (Å²) in [6.07, 6.45) is 2.18. The molecule has 3 heterocycles. The van der Waals surface area contributed by atoms with Gasteiger partial charge in [0.15, 0.2) is 0 Å². The van der Waals surface area contributed by atoms with Gasteiger partial charge in [-0.15, -0.1) is 11.3 Å². The molecule has 0 saturated carbocycles. The van der Waals surface area contributed by atoms with E-state index in [1.165, 1.54) is 53.9 Å². The number of amides is 2. The molecular weight excluding hydrogens is 466 g/mol. The smallest absolute Gasteiger partial charge is 0.341 e. The van der Waals surface area contributed by atoms with E-state index in [-0.39, 0.29) is 16.4 Å². The highest BCUT2D eigenvalue weighted by molar-refractivity contribution is 7.89. The predicted molar refractivity (Wildman–Crippen MR) is 123 cm³/mol. The topological polar surface area (TPSA) is 113 Å². The van der Waals surface area contributed by atoms with Crippen LogP contribution in [0.2, 0.25) is 0 Å². The van der Waals surface area contributed by atoms with Crippen molar-refractivity contribution in [1.82, 2.24) is 9.21 Å². The molecule has 0 atom stereocenters. The van der Waals surface area contributed by atoms with E-state index >= 15 is 0 Å². The average Bonchev–Trinajstić information content (AvgIpc) is 3.46. The number of sulfonamides is 1. The van der Waals surface area contributed by atoms with Gasteiger partial charge in [-0.05, 0) is 49.1 Å². The van der Waals surface area contributed by atoms with Crippen LogP contribution >= 0.6 is 11.3 Å². The molecule has 1 aromatic carbocycles. The van der Waals surface area contributed by atoms with Crippen LogP contribution < -0.4 is 5.32 Å². The number of carbonyl (C=O) groups is 3. The summed E-state index contributed by atoms with van der Waals surface area (Å²) in [5.74, 6) is -1.07. The number of hydrogen-bond donors (Lipinski definition) is 1. The van der Waals surface area contributed by atoms with Crippen LogP contribution in [0.4, 0.5) is 5.00 Å². The second kappa shape index (κ2) is 9.24. The molecule has 0 unspecified atom stereocenters. The first-order valence-corrected chi connectivity index (χ1v) is 12.9. The van der Waals surface area contributed by atoms with Crippen molar-refractivity contribution in [3.8, 4) is 0 Å². The van der Waals surface area contributed by atoms with Gasteiger partial charge in [-0.2, -0.15) is 4.31 Å². The van der Waals surface area contributed by atoms with E-state index in [1.807, 2.05) is 0 Å². The fourth-order valence-corrected chi connectivity index (χ4v) is 6.87. The number of rotatable bonds is 5. The highest BCUT2D eigenvalue weighted by atomic mass is 32.2. The first-order chi connectivity index (χ1) is 15.7. The maximum atomic E-state index is 12.9. The van der Waals surface area contributed by atoms with E-state index < -0.39 is 21.9 Å². The second-order valence-corrected chi connectivity index (χ2v) is 11.0. The molecule has 0 radical (unpaired) electrons. The zero-order valence-electron chi connectivity index (χ0n) is 18.4. The van der Waals surface area contributed by atoms with Gasteiger partial charge in [0.1, 0.15) is 5.00 Å². The molecule has 2 aliphatic heterocycles. The molecule has 4 rings (SSSR count). The number of carbonyl (C=O) groups excluding carboxylic acids is 3. The van der Waals surface area contributed by atoms with Crippen LogP contribution in [0.1, 0.15) is 50.9 Å². The molecule has 176 valence electrons. The normalized spacial score (nSPS) is 16.4. The molecule has 0 spiro atoms.